The van der Waals surface area contributed by atoms with Crippen LogP contribution in [0.3, 0.4) is 0 Å². The van der Waals surface area contributed by atoms with E-state index in [0.717, 1.165) is 18.4 Å². The zero-order valence-corrected chi connectivity index (χ0v) is 13.2. The lowest BCUT2D eigenvalue weighted by molar-refractivity contribution is -0.150. The number of carbonyl (C=O) groups is 2. The van der Waals surface area contributed by atoms with Crippen LogP contribution in [-0.4, -0.2) is 36.8 Å². The van der Waals surface area contributed by atoms with Gasteiger partial charge < -0.3 is 20.1 Å². The first-order valence-electron chi connectivity index (χ1n) is 7.95. The van der Waals surface area contributed by atoms with Gasteiger partial charge in [0.25, 0.3) is 0 Å². The molecule has 124 valence electrons. The zero-order chi connectivity index (χ0) is 16.3. The van der Waals surface area contributed by atoms with Gasteiger partial charge in [-0.15, -0.1) is 0 Å². The van der Waals surface area contributed by atoms with E-state index < -0.39 is 17.6 Å². The van der Waals surface area contributed by atoms with E-state index in [9.17, 15) is 9.59 Å². The zero-order valence-electron chi connectivity index (χ0n) is 13.2. The highest BCUT2D eigenvalue weighted by Crippen LogP contribution is 2.35. The molecule has 2 N–H and O–H groups in total. The average molecular weight is 318 g/mol. The minimum absolute atomic E-state index is 0.176. The predicted octanol–water partition coefficient (Wildman–Crippen LogP) is 1.74. The molecule has 2 fully saturated rings. The molecule has 0 radical (unpaired) electrons. The van der Waals surface area contributed by atoms with Crippen LogP contribution in [0.4, 0.5) is 4.79 Å². The van der Waals surface area contributed by atoms with Crippen molar-refractivity contribution in [3.8, 4) is 0 Å². The number of ether oxygens (including phenoxy) is 2. The molecule has 0 saturated carbocycles. The Morgan fingerprint density at radius 2 is 1.87 bits per heavy atom. The number of benzene rings is 1. The largest absolute Gasteiger partial charge is 0.467 e. The summed E-state index contributed by atoms with van der Waals surface area (Å²) in [6.07, 6.45) is 2.53. The maximum absolute atomic E-state index is 12.3. The molecule has 3 rings (SSSR count). The standard InChI is InChI=1S/C17H22N2O4/c1-22-15(20)17(9-13-7-8-14(10-17)18-13)19-16(21)23-11-12-5-3-2-4-6-12/h2-6,13-14,18H,7-11H2,1H3,(H,19,21). The molecule has 2 bridgehead atoms. The van der Waals surface area contributed by atoms with Gasteiger partial charge in [-0.25, -0.2) is 9.59 Å². The fourth-order valence-corrected chi connectivity index (χ4v) is 3.62. The SMILES string of the molecule is COC(=O)C1(NC(=O)OCc2ccccc2)CC2CCC(C1)N2. The van der Waals surface area contributed by atoms with Crippen LogP contribution in [0.2, 0.25) is 0 Å². The number of nitrogens with one attached hydrogen (secondary N) is 2. The van der Waals surface area contributed by atoms with Crippen molar-refractivity contribution in [3.05, 3.63) is 35.9 Å². The molecule has 2 aliphatic heterocycles. The number of hydrogen-bond donors (Lipinski definition) is 2. The Hall–Kier alpha value is -2.08. The van der Waals surface area contributed by atoms with Gasteiger partial charge >= 0.3 is 12.1 Å². The van der Waals surface area contributed by atoms with Crippen molar-refractivity contribution in [2.45, 2.75) is 49.9 Å². The van der Waals surface area contributed by atoms with E-state index in [0.29, 0.717) is 12.8 Å². The molecule has 2 saturated heterocycles. The molecule has 2 unspecified atom stereocenters. The monoisotopic (exact) mass is 318 g/mol. The molecule has 6 nitrogen and oxygen atoms in total. The van der Waals surface area contributed by atoms with E-state index in [1.165, 1.54) is 7.11 Å². The Labute approximate surface area is 135 Å². The van der Waals surface area contributed by atoms with Crippen LogP contribution in [0, 0.1) is 0 Å². The van der Waals surface area contributed by atoms with Gasteiger partial charge in [0.05, 0.1) is 7.11 Å². The summed E-state index contributed by atoms with van der Waals surface area (Å²) in [7, 11) is 1.35. The maximum Gasteiger partial charge on any atom is 0.408 e. The Kier molecular flexibility index (Phi) is 4.52. The van der Waals surface area contributed by atoms with Crippen LogP contribution in [0.25, 0.3) is 0 Å². The highest BCUT2D eigenvalue weighted by Gasteiger charge is 2.50. The van der Waals surface area contributed by atoms with Gasteiger partial charge in [0.1, 0.15) is 12.1 Å². The first kappa shape index (κ1) is 15.8. The summed E-state index contributed by atoms with van der Waals surface area (Å²) >= 11 is 0. The average Bonchev–Trinajstić information content (AvgIpc) is 2.92. The molecule has 6 heteroatoms. The van der Waals surface area contributed by atoms with E-state index in [1.54, 1.807) is 0 Å². The first-order chi connectivity index (χ1) is 11.1. The maximum atomic E-state index is 12.3. The molecule has 2 heterocycles. The number of carbonyl (C=O) groups excluding carboxylic acids is 2. The smallest absolute Gasteiger partial charge is 0.408 e. The van der Waals surface area contributed by atoms with Crippen LogP contribution in [0.15, 0.2) is 30.3 Å². The lowest BCUT2D eigenvalue weighted by Gasteiger charge is -2.38. The summed E-state index contributed by atoms with van der Waals surface area (Å²) < 4.78 is 10.2. The molecule has 1 aromatic carbocycles. The van der Waals surface area contributed by atoms with Crippen molar-refractivity contribution in [2.75, 3.05) is 7.11 Å². The van der Waals surface area contributed by atoms with Crippen LogP contribution < -0.4 is 10.6 Å². The third-order valence-electron chi connectivity index (χ3n) is 4.65. The van der Waals surface area contributed by atoms with E-state index in [4.69, 9.17) is 9.47 Å². The van der Waals surface area contributed by atoms with Gasteiger partial charge in [-0.1, -0.05) is 30.3 Å². The molecule has 1 amide bonds. The topological polar surface area (TPSA) is 76.7 Å². The number of esters is 1. The molecule has 23 heavy (non-hydrogen) atoms. The van der Waals surface area contributed by atoms with Crippen LogP contribution in [0.1, 0.15) is 31.2 Å². The van der Waals surface area contributed by atoms with Crippen LogP contribution >= 0.6 is 0 Å². The fourth-order valence-electron chi connectivity index (χ4n) is 3.62. The first-order valence-corrected chi connectivity index (χ1v) is 7.95. The quantitative estimate of drug-likeness (QED) is 0.827. The third-order valence-corrected chi connectivity index (χ3v) is 4.65. The summed E-state index contributed by atoms with van der Waals surface area (Å²) in [5.41, 5.74) is -0.0836. The third kappa shape index (κ3) is 3.47. The summed E-state index contributed by atoms with van der Waals surface area (Å²) in [5, 5.41) is 6.23. The van der Waals surface area contributed by atoms with Crippen molar-refractivity contribution in [1.82, 2.24) is 10.6 Å². The van der Waals surface area contributed by atoms with E-state index >= 15 is 0 Å². The predicted molar refractivity (Wildman–Crippen MR) is 83.7 cm³/mol. The highest BCUT2D eigenvalue weighted by molar-refractivity contribution is 5.86. The molecular weight excluding hydrogens is 296 g/mol. The number of hydrogen-bond acceptors (Lipinski definition) is 5. The summed E-state index contributed by atoms with van der Waals surface area (Å²) in [5.74, 6) is -0.396. The molecular formula is C17H22N2O4. The van der Waals surface area contributed by atoms with Crippen molar-refractivity contribution < 1.29 is 19.1 Å². The van der Waals surface area contributed by atoms with Gasteiger partial charge in [0.2, 0.25) is 0 Å². The fraction of sp³-hybridized carbons (Fsp3) is 0.529. The molecule has 2 aliphatic rings. The number of methoxy groups -OCH3 is 1. The number of piperidine rings is 1. The number of amides is 1. The molecule has 2 atom stereocenters. The second-order valence-corrected chi connectivity index (χ2v) is 6.31. The minimum Gasteiger partial charge on any atom is -0.467 e. The van der Waals surface area contributed by atoms with E-state index in [1.807, 2.05) is 30.3 Å². The van der Waals surface area contributed by atoms with Crippen molar-refractivity contribution in [3.63, 3.8) is 0 Å². The second-order valence-electron chi connectivity index (χ2n) is 6.31. The Bertz CT molecular complexity index is 563. The Morgan fingerprint density at radius 1 is 1.22 bits per heavy atom. The van der Waals surface area contributed by atoms with E-state index in [2.05, 4.69) is 10.6 Å². The highest BCUT2D eigenvalue weighted by atomic mass is 16.6. The van der Waals surface area contributed by atoms with Gasteiger partial charge in [-0.3, -0.25) is 0 Å². The van der Waals surface area contributed by atoms with Crippen molar-refractivity contribution >= 4 is 12.1 Å². The summed E-state index contributed by atoms with van der Waals surface area (Å²) in [4.78, 5) is 24.5. The normalized spacial score (nSPS) is 28.9. The minimum atomic E-state index is -0.987. The summed E-state index contributed by atoms with van der Waals surface area (Å²) in [6.45, 7) is 0.176. The van der Waals surface area contributed by atoms with Crippen molar-refractivity contribution in [2.24, 2.45) is 0 Å². The van der Waals surface area contributed by atoms with Gasteiger partial charge in [-0.05, 0) is 31.2 Å². The molecule has 0 spiro atoms. The number of fused-ring (bicyclic) bond motifs is 2. The van der Waals surface area contributed by atoms with Gasteiger partial charge in [0, 0.05) is 12.1 Å². The van der Waals surface area contributed by atoms with Gasteiger partial charge in [-0.2, -0.15) is 0 Å². The van der Waals surface area contributed by atoms with Crippen LogP contribution in [-0.2, 0) is 20.9 Å². The Morgan fingerprint density at radius 3 is 2.48 bits per heavy atom. The van der Waals surface area contributed by atoms with Crippen molar-refractivity contribution in [1.29, 1.82) is 0 Å². The summed E-state index contributed by atoms with van der Waals surface area (Å²) in [6, 6.07) is 9.92. The van der Waals surface area contributed by atoms with Crippen LogP contribution in [0.5, 0.6) is 0 Å². The lowest BCUT2D eigenvalue weighted by atomic mass is 9.84. The second kappa shape index (κ2) is 6.58. The molecule has 1 aromatic rings. The lowest BCUT2D eigenvalue weighted by Crippen LogP contribution is -2.62. The Balaban J connectivity index is 1.64. The molecule has 0 aliphatic carbocycles. The van der Waals surface area contributed by atoms with E-state index in [-0.39, 0.29) is 18.7 Å². The number of alkyl carbamates (subject to hydrolysis) is 1. The van der Waals surface area contributed by atoms with Gasteiger partial charge in [0.15, 0.2) is 0 Å². The molecule has 0 aromatic heterocycles. The number of rotatable bonds is 4.